The third-order valence-corrected chi connectivity index (χ3v) is 5.73. The van der Waals surface area contributed by atoms with Gasteiger partial charge in [0.05, 0.1) is 11.4 Å². The van der Waals surface area contributed by atoms with Gasteiger partial charge < -0.3 is 15.0 Å². The largest absolute Gasteiger partial charge is 0.484 e. The van der Waals surface area contributed by atoms with Gasteiger partial charge >= 0.3 is 0 Å². The van der Waals surface area contributed by atoms with Crippen molar-refractivity contribution in [3.63, 3.8) is 0 Å². The first kappa shape index (κ1) is 25.9. The second-order valence-electron chi connectivity index (χ2n) is 8.28. The summed E-state index contributed by atoms with van der Waals surface area (Å²) in [6.45, 7) is 1.95. The van der Waals surface area contributed by atoms with Gasteiger partial charge in [-0.15, -0.1) is 0 Å². The number of anilines is 1. The van der Waals surface area contributed by atoms with Crippen LogP contribution < -0.4 is 10.1 Å². The average molecular weight is 521 g/mol. The van der Waals surface area contributed by atoms with Crippen molar-refractivity contribution in [2.45, 2.75) is 13.3 Å². The molecule has 0 atom stereocenters. The van der Waals surface area contributed by atoms with E-state index in [1.165, 1.54) is 21.7 Å². The van der Waals surface area contributed by atoms with E-state index in [9.17, 15) is 14.0 Å². The zero-order valence-corrected chi connectivity index (χ0v) is 21.0. The van der Waals surface area contributed by atoms with Gasteiger partial charge in [-0.05, 0) is 55.0 Å². The van der Waals surface area contributed by atoms with Crippen LogP contribution in [0.2, 0.25) is 5.02 Å². The number of carbonyl (C=O) groups excluding carboxylic acids is 2. The molecule has 3 aromatic carbocycles. The zero-order chi connectivity index (χ0) is 26.2. The molecule has 1 N–H and O–H groups in total. The van der Waals surface area contributed by atoms with Gasteiger partial charge in [0.25, 0.3) is 5.91 Å². The van der Waals surface area contributed by atoms with Crippen LogP contribution in [-0.2, 0) is 9.59 Å². The van der Waals surface area contributed by atoms with Crippen molar-refractivity contribution in [1.82, 2.24) is 14.7 Å². The number of nitrogens with zero attached hydrogens (tertiary/aromatic N) is 3. The van der Waals surface area contributed by atoms with Gasteiger partial charge in [0.2, 0.25) is 5.91 Å². The topological polar surface area (TPSA) is 76.5 Å². The summed E-state index contributed by atoms with van der Waals surface area (Å²) < 4.78 is 20.6. The molecule has 7 nitrogen and oxygen atoms in total. The molecule has 37 heavy (non-hydrogen) atoms. The van der Waals surface area contributed by atoms with E-state index in [0.717, 1.165) is 5.56 Å². The van der Waals surface area contributed by atoms with Gasteiger partial charge in [-0.25, -0.2) is 9.07 Å². The fourth-order valence-corrected chi connectivity index (χ4v) is 3.81. The number of halogens is 2. The Labute approximate surface area is 219 Å². The highest BCUT2D eigenvalue weighted by Gasteiger charge is 2.20. The Kier molecular flexibility index (Phi) is 8.53. The molecule has 0 spiro atoms. The minimum absolute atomic E-state index is 0.161. The molecule has 1 heterocycles. The molecule has 190 valence electrons. The molecule has 0 aliphatic carbocycles. The number of carbonyl (C=O) groups is 2. The first-order chi connectivity index (χ1) is 17.9. The predicted octanol–water partition coefficient (Wildman–Crippen LogP) is 5.59. The number of ether oxygens (including phenoxy) is 1. The third kappa shape index (κ3) is 6.95. The zero-order valence-electron chi connectivity index (χ0n) is 20.2. The van der Waals surface area contributed by atoms with Crippen LogP contribution in [0.25, 0.3) is 16.9 Å². The standard InChI is InChI=1S/C28H26ClFN4O3/c1-2-16-33(28(36)19-37-24-14-8-21(29)9-15-24)18-27(35)31-26-17-25(20-6-4-3-5-7-20)32-34(26)23-12-10-22(30)11-13-23/h3-15,17H,2,16,18-19H2,1H3,(H,31,35). The minimum Gasteiger partial charge on any atom is -0.484 e. The Balaban J connectivity index is 1.49. The van der Waals surface area contributed by atoms with Crippen LogP contribution in [0.5, 0.6) is 5.75 Å². The molecule has 2 amide bonds. The summed E-state index contributed by atoms with van der Waals surface area (Å²) in [7, 11) is 0. The van der Waals surface area contributed by atoms with Gasteiger partial charge in [-0.2, -0.15) is 5.10 Å². The molecule has 0 fully saturated rings. The smallest absolute Gasteiger partial charge is 0.260 e. The second-order valence-corrected chi connectivity index (χ2v) is 8.71. The molecule has 0 aliphatic heterocycles. The van der Waals surface area contributed by atoms with Crippen LogP contribution in [0, 0.1) is 5.82 Å². The molecule has 0 unspecified atom stereocenters. The van der Waals surface area contributed by atoms with E-state index in [-0.39, 0.29) is 24.9 Å². The molecule has 0 bridgehead atoms. The van der Waals surface area contributed by atoms with Crippen LogP contribution in [0.3, 0.4) is 0 Å². The van der Waals surface area contributed by atoms with Gasteiger partial charge in [0.15, 0.2) is 6.61 Å². The number of nitrogens with one attached hydrogen (secondary N) is 1. The van der Waals surface area contributed by atoms with E-state index in [1.807, 2.05) is 37.3 Å². The molecule has 9 heteroatoms. The van der Waals surface area contributed by atoms with Crippen molar-refractivity contribution in [2.75, 3.05) is 25.0 Å². The summed E-state index contributed by atoms with van der Waals surface area (Å²) in [5.74, 6) is -0.175. The lowest BCUT2D eigenvalue weighted by molar-refractivity contribution is -0.136. The van der Waals surface area contributed by atoms with Crippen molar-refractivity contribution >= 4 is 29.2 Å². The molecule has 0 radical (unpaired) electrons. The Bertz CT molecular complexity index is 1340. The van der Waals surface area contributed by atoms with E-state index in [1.54, 1.807) is 42.5 Å². The van der Waals surface area contributed by atoms with Gasteiger partial charge in [-0.1, -0.05) is 48.9 Å². The summed E-state index contributed by atoms with van der Waals surface area (Å²) in [6.07, 6.45) is 0.672. The van der Waals surface area contributed by atoms with E-state index in [0.29, 0.717) is 40.9 Å². The average Bonchev–Trinajstić information content (AvgIpc) is 3.32. The van der Waals surface area contributed by atoms with Crippen molar-refractivity contribution in [2.24, 2.45) is 0 Å². The molecular formula is C28H26ClFN4O3. The summed E-state index contributed by atoms with van der Waals surface area (Å²) in [5.41, 5.74) is 2.08. The molecular weight excluding hydrogens is 495 g/mol. The van der Waals surface area contributed by atoms with Crippen molar-refractivity contribution in [3.8, 4) is 22.7 Å². The van der Waals surface area contributed by atoms with Gasteiger partial charge in [-0.3, -0.25) is 9.59 Å². The number of aromatic nitrogens is 2. The lowest BCUT2D eigenvalue weighted by Crippen LogP contribution is -2.41. The van der Waals surface area contributed by atoms with Crippen LogP contribution in [-0.4, -0.2) is 46.2 Å². The van der Waals surface area contributed by atoms with Crippen molar-refractivity contribution in [3.05, 3.63) is 95.8 Å². The summed E-state index contributed by atoms with van der Waals surface area (Å²) in [5, 5.41) is 8.05. The number of benzene rings is 3. The molecule has 0 saturated heterocycles. The monoisotopic (exact) mass is 520 g/mol. The van der Waals surface area contributed by atoms with Crippen molar-refractivity contribution < 1.29 is 18.7 Å². The number of hydrogen-bond acceptors (Lipinski definition) is 4. The Hall–Kier alpha value is -4.17. The van der Waals surface area contributed by atoms with E-state index >= 15 is 0 Å². The van der Waals surface area contributed by atoms with Crippen LogP contribution >= 0.6 is 11.6 Å². The Morgan fingerprint density at radius 3 is 2.41 bits per heavy atom. The minimum atomic E-state index is -0.392. The molecule has 0 aliphatic rings. The highest BCUT2D eigenvalue weighted by Crippen LogP contribution is 2.25. The first-order valence-electron chi connectivity index (χ1n) is 11.8. The Morgan fingerprint density at radius 2 is 1.73 bits per heavy atom. The first-order valence-corrected chi connectivity index (χ1v) is 12.2. The summed E-state index contributed by atoms with van der Waals surface area (Å²) in [6, 6.07) is 23.7. The highest BCUT2D eigenvalue weighted by molar-refractivity contribution is 6.30. The van der Waals surface area contributed by atoms with Crippen LogP contribution in [0.15, 0.2) is 84.9 Å². The molecule has 4 rings (SSSR count). The van der Waals surface area contributed by atoms with Gasteiger partial charge in [0.1, 0.15) is 23.9 Å². The second kappa shape index (κ2) is 12.2. The van der Waals surface area contributed by atoms with Crippen molar-refractivity contribution in [1.29, 1.82) is 0 Å². The molecule has 1 aromatic heterocycles. The summed E-state index contributed by atoms with van der Waals surface area (Å²) >= 11 is 5.89. The fourth-order valence-electron chi connectivity index (χ4n) is 3.68. The lowest BCUT2D eigenvalue weighted by atomic mass is 10.1. The number of hydrogen-bond donors (Lipinski definition) is 1. The maximum atomic E-state index is 13.5. The Morgan fingerprint density at radius 1 is 1.03 bits per heavy atom. The number of amides is 2. The molecule has 0 saturated carbocycles. The molecule has 4 aromatic rings. The quantitative estimate of drug-likeness (QED) is 0.296. The maximum Gasteiger partial charge on any atom is 0.260 e. The van der Waals surface area contributed by atoms with E-state index in [4.69, 9.17) is 16.3 Å². The van der Waals surface area contributed by atoms with E-state index in [2.05, 4.69) is 10.4 Å². The number of rotatable bonds is 10. The van der Waals surface area contributed by atoms with E-state index < -0.39 is 5.91 Å². The van der Waals surface area contributed by atoms with Gasteiger partial charge in [0, 0.05) is 23.2 Å². The SMILES string of the molecule is CCCN(CC(=O)Nc1cc(-c2ccccc2)nn1-c1ccc(F)cc1)C(=O)COc1ccc(Cl)cc1. The predicted molar refractivity (Wildman–Crippen MR) is 141 cm³/mol. The fraction of sp³-hybridized carbons (Fsp3) is 0.179. The highest BCUT2D eigenvalue weighted by atomic mass is 35.5. The third-order valence-electron chi connectivity index (χ3n) is 5.47. The summed E-state index contributed by atoms with van der Waals surface area (Å²) in [4.78, 5) is 27.3. The van der Waals surface area contributed by atoms with Crippen LogP contribution in [0.4, 0.5) is 10.2 Å². The lowest BCUT2D eigenvalue weighted by Gasteiger charge is -2.22. The van der Waals surface area contributed by atoms with Crippen LogP contribution in [0.1, 0.15) is 13.3 Å². The normalized spacial score (nSPS) is 10.7. The maximum absolute atomic E-state index is 13.5.